The summed E-state index contributed by atoms with van der Waals surface area (Å²) < 4.78 is 5.16. The molecule has 0 aromatic rings. The van der Waals surface area contributed by atoms with Gasteiger partial charge in [-0.25, -0.2) is 0 Å². The fourth-order valence-corrected chi connectivity index (χ4v) is 0.679. The third-order valence-corrected chi connectivity index (χ3v) is 1.48. The second kappa shape index (κ2) is 7.16. The Morgan fingerprint density at radius 1 is 1.60 bits per heavy atom. The number of ether oxygens (including phenoxy) is 1. The van der Waals surface area contributed by atoms with Gasteiger partial charge in [0.05, 0.1) is 0 Å². The zero-order chi connectivity index (χ0) is 7.82. The summed E-state index contributed by atoms with van der Waals surface area (Å²) in [5.41, 5.74) is 0.621. The summed E-state index contributed by atoms with van der Waals surface area (Å²) >= 11 is 4.01. The molecule has 1 nitrogen and oxygen atoms in total. The summed E-state index contributed by atoms with van der Waals surface area (Å²) in [5, 5.41) is 0. The standard InChI is InChI=1S/C8H15OS/c1-3-5-6-7-9-8(10)4-2/h4,10H,2-3,5-7H2,1H3. The number of hydrogen-bond acceptors (Lipinski definition) is 2. The van der Waals surface area contributed by atoms with Crippen molar-refractivity contribution in [2.45, 2.75) is 26.2 Å². The van der Waals surface area contributed by atoms with Gasteiger partial charge in [0, 0.05) is 6.61 Å². The van der Waals surface area contributed by atoms with Gasteiger partial charge in [0.25, 0.3) is 0 Å². The molecule has 0 aliphatic rings. The molecule has 10 heavy (non-hydrogen) atoms. The summed E-state index contributed by atoms with van der Waals surface area (Å²) in [6.45, 7) is 6.45. The molecule has 0 rings (SSSR count). The molecule has 0 N–H and O–H groups in total. The van der Waals surface area contributed by atoms with Crippen molar-refractivity contribution in [3.05, 3.63) is 18.1 Å². The highest BCUT2D eigenvalue weighted by Gasteiger charge is 1.95. The average molecular weight is 159 g/mol. The van der Waals surface area contributed by atoms with E-state index in [1.807, 2.05) is 0 Å². The van der Waals surface area contributed by atoms with E-state index in [1.165, 1.54) is 12.8 Å². The van der Waals surface area contributed by atoms with Crippen LogP contribution in [0.15, 0.2) is 12.7 Å². The lowest BCUT2D eigenvalue weighted by atomic mass is 10.3. The van der Waals surface area contributed by atoms with Gasteiger partial charge in [-0.1, -0.05) is 26.3 Å². The van der Waals surface area contributed by atoms with E-state index in [0.29, 0.717) is 5.44 Å². The molecular weight excluding hydrogens is 144 g/mol. The van der Waals surface area contributed by atoms with Crippen molar-refractivity contribution in [2.75, 3.05) is 6.61 Å². The Kier molecular flexibility index (Phi) is 7.20. The van der Waals surface area contributed by atoms with Gasteiger partial charge in [0.2, 0.25) is 0 Å². The zero-order valence-corrected chi connectivity index (χ0v) is 7.36. The van der Waals surface area contributed by atoms with Gasteiger partial charge < -0.3 is 4.74 Å². The Hall–Kier alpha value is 0.0500. The molecule has 0 aromatic carbocycles. The lowest BCUT2D eigenvalue weighted by Gasteiger charge is -2.04. The van der Waals surface area contributed by atoms with Gasteiger partial charge in [0.1, 0.15) is 0 Å². The summed E-state index contributed by atoms with van der Waals surface area (Å²) in [4.78, 5) is 0. The molecule has 0 amide bonds. The van der Waals surface area contributed by atoms with Crippen LogP contribution in [-0.2, 0) is 4.74 Å². The highest BCUT2D eigenvalue weighted by atomic mass is 32.1. The Bertz CT molecular complexity index is 83.3. The van der Waals surface area contributed by atoms with Gasteiger partial charge in [-0.3, -0.25) is 0 Å². The predicted molar refractivity (Wildman–Crippen MR) is 47.9 cm³/mol. The molecule has 0 saturated carbocycles. The van der Waals surface area contributed by atoms with Crippen molar-refractivity contribution in [1.82, 2.24) is 0 Å². The van der Waals surface area contributed by atoms with Crippen LogP contribution in [0.2, 0.25) is 0 Å². The van der Waals surface area contributed by atoms with E-state index in [2.05, 4.69) is 26.1 Å². The van der Waals surface area contributed by atoms with Crippen molar-refractivity contribution in [3.63, 3.8) is 0 Å². The minimum Gasteiger partial charge on any atom is -0.357 e. The topological polar surface area (TPSA) is 9.23 Å². The Labute approximate surface area is 68.9 Å². The zero-order valence-electron chi connectivity index (χ0n) is 6.47. The summed E-state index contributed by atoms with van der Waals surface area (Å²) in [7, 11) is 0. The molecule has 0 fully saturated rings. The first kappa shape index (κ1) is 10.0. The number of rotatable bonds is 6. The minimum absolute atomic E-state index is 0.621. The van der Waals surface area contributed by atoms with E-state index in [-0.39, 0.29) is 0 Å². The number of unbranched alkanes of at least 4 members (excludes halogenated alkanes) is 2. The Morgan fingerprint density at radius 2 is 2.30 bits per heavy atom. The summed E-state index contributed by atoms with van der Waals surface area (Å²) in [5.74, 6) is 0. The SMILES string of the molecule is C=C[C](S)OCCCCC. The van der Waals surface area contributed by atoms with E-state index in [1.54, 1.807) is 6.08 Å². The first-order valence-corrected chi connectivity index (χ1v) is 4.07. The van der Waals surface area contributed by atoms with Gasteiger partial charge in [0.15, 0.2) is 5.44 Å². The van der Waals surface area contributed by atoms with Crippen LogP contribution in [-0.4, -0.2) is 6.61 Å². The van der Waals surface area contributed by atoms with E-state index in [9.17, 15) is 0 Å². The summed E-state index contributed by atoms with van der Waals surface area (Å²) in [6.07, 6.45) is 5.15. The van der Waals surface area contributed by atoms with Gasteiger partial charge in [-0.05, 0) is 12.5 Å². The molecule has 0 atom stereocenters. The Balaban J connectivity index is 2.95. The van der Waals surface area contributed by atoms with Gasteiger partial charge in [-0.2, -0.15) is 0 Å². The van der Waals surface area contributed by atoms with E-state index in [0.717, 1.165) is 13.0 Å². The molecule has 0 aliphatic carbocycles. The molecule has 1 radical (unpaired) electrons. The van der Waals surface area contributed by atoms with E-state index in [4.69, 9.17) is 4.74 Å². The molecule has 0 bridgehead atoms. The smallest absolute Gasteiger partial charge is 0.171 e. The van der Waals surface area contributed by atoms with E-state index >= 15 is 0 Å². The van der Waals surface area contributed by atoms with Gasteiger partial charge in [-0.15, -0.1) is 12.6 Å². The molecular formula is C8H15OS. The fraction of sp³-hybridized carbons (Fsp3) is 0.625. The highest BCUT2D eigenvalue weighted by molar-refractivity contribution is 7.83. The molecule has 2 heteroatoms. The van der Waals surface area contributed by atoms with Crippen LogP contribution in [0.5, 0.6) is 0 Å². The van der Waals surface area contributed by atoms with Crippen LogP contribution in [0, 0.1) is 5.44 Å². The first-order chi connectivity index (χ1) is 4.81. The normalized spacial score (nSPS) is 10.3. The highest BCUT2D eigenvalue weighted by Crippen LogP contribution is 2.08. The van der Waals surface area contributed by atoms with Crippen LogP contribution in [0.1, 0.15) is 26.2 Å². The number of hydrogen-bond donors (Lipinski definition) is 1. The molecule has 0 saturated heterocycles. The van der Waals surface area contributed by atoms with Crippen LogP contribution < -0.4 is 0 Å². The second-order valence-electron chi connectivity index (χ2n) is 2.10. The van der Waals surface area contributed by atoms with Crippen LogP contribution in [0.4, 0.5) is 0 Å². The molecule has 0 aromatic heterocycles. The lowest BCUT2D eigenvalue weighted by Crippen LogP contribution is -1.94. The van der Waals surface area contributed by atoms with Crippen molar-refractivity contribution < 1.29 is 4.74 Å². The number of thiol groups is 1. The van der Waals surface area contributed by atoms with Crippen LogP contribution in [0.3, 0.4) is 0 Å². The largest absolute Gasteiger partial charge is 0.357 e. The second-order valence-corrected chi connectivity index (χ2v) is 2.54. The maximum atomic E-state index is 5.16. The predicted octanol–water partition coefficient (Wildman–Crippen LogP) is 2.80. The molecule has 0 unspecified atom stereocenters. The lowest BCUT2D eigenvalue weighted by molar-refractivity contribution is 0.196. The van der Waals surface area contributed by atoms with Crippen LogP contribution >= 0.6 is 12.6 Å². The Morgan fingerprint density at radius 3 is 2.80 bits per heavy atom. The molecule has 0 aliphatic heterocycles. The molecule has 0 spiro atoms. The van der Waals surface area contributed by atoms with Crippen molar-refractivity contribution in [1.29, 1.82) is 0 Å². The fourth-order valence-electron chi connectivity index (χ4n) is 0.588. The maximum absolute atomic E-state index is 5.16. The van der Waals surface area contributed by atoms with Crippen molar-refractivity contribution in [2.24, 2.45) is 0 Å². The third kappa shape index (κ3) is 6.17. The summed E-state index contributed by atoms with van der Waals surface area (Å²) in [6, 6.07) is 0. The van der Waals surface area contributed by atoms with Crippen molar-refractivity contribution in [3.8, 4) is 0 Å². The molecule has 59 valence electrons. The van der Waals surface area contributed by atoms with E-state index < -0.39 is 0 Å². The van der Waals surface area contributed by atoms with Crippen LogP contribution in [0.25, 0.3) is 0 Å². The maximum Gasteiger partial charge on any atom is 0.171 e. The quantitative estimate of drug-likeness (QED) is 0.463. The monoisotopic (exact) mass is 159 g/mol. The van der Waals surface area contributed by atoms with Crippen molar-refractivity contribution >= 4 is 12.6 Å². The third-order valence-electron chi connectivity index (χ3n) is 1.17. The first-order valence-electron chi connectivity index (χ1n) is 3.62. The average Bonchev–Trinajstić information content (AvgIpc) is 1.98. The molecule has 0 heterocycles. The van der Waals surface area contributed by atoms with Gasteiger partial charge >= 0.3 is 0 Å². The minimum atomic E-state index is 0.621.